The molecule has 0 radical (unpaired) electrons. The first-order chi connectivity index (χ1) is 10.0. The molecule has 1 fully saturated rings. The van der Waals surface area contributed by atoms with Gasteiger partial charge in [-0.2, -0.15) is 0 Å². The average molecular weight is 289 g/mol. The molecule has 0 bridgehead atoms. The molecule has 21 heavy (non-hydrogen) atoms. The first-order valence-electron chi connectivity index (χ1n) is 6.91. The van der Waals surface area contributed by atoms with E-state index in [1.807, 2.05) is 0 Å². The van der Waals surface area contributed by atoms with Crippen LogP contribution in [0.4, 0.5) is 4.79 Å². The van der Waals surface area contributed by atoms with Crippen molar-refractivity contribution in [3.8, 4) is 5.75 Å². The van der Waals surface area contributed by atoms with Gasteiger partial charge in [-0.15, -0.1) is 6.58 Å². The van der Waals surface area contributed by atoms with Gasteiger partial charge in [-0.05, 0) is 30.5 Å². The Morgan fingerprint density at radius 2 is 2.19 bits per heavy atom. The van der Waals surface area contributed by atoms with Gasteiger partial charge in [0.1, 0.15) is 12.4 Å². The van der Waals surface area contributed by atoms with Gasteiger partial charge in [0.15, 0.2) is 0 Å². The second-order valence-electron chi connectivity index (χ2n) is 5.23. The highest BCUT2D eigenvalue weighted by molar-refractivity contribution is 5.94. The normalized spacial score (nSPS) is 19.2. The number of cyclic esters (lactones) is 1. The summed E-state index contributed by atoms with van der Waals surface area (Å²) in [5.74, 6) is -0.346. The molecule has 0 aliphatic carbocycles. The van der Waals surface area contributed by atoms with Crippen LogP contribution in [0.3, 0.4) is 0 Å². The minimum Gasteiger partial charge on any atom is -0.508 e. The molecule has 5 heteroatoms. The first kappa shape index (κ1) is 15.1. The number of hydrogen-bond donors (Lipinski definition) is 1. The van der Waals surface area contributed by atoms with Gasteiger partial charge in [-0.3, -0.25) is 4.79 Å². The lowest BCUT2D eigenvalue weighted by Gasteiger charge is -2.22. The van der Waals surface area contributed by atoms with E-state index >= 15 is 0 Å². The van der Waals surface area contributed by atoms with Crippen molar-refractivity contribution in [1.82, 2.24) is 4.90 Å². The number of nitrogens with zero attached hydrogens (tertiary/aromatic N) is 1. The zero-order valence-electron chi connectivity index (χ0n) is 12.0. The van der Waals surface area contributed by atoms with E-state index < -0.39 is 6.09 Å². The molecule has 1 aromatic carbocycles. The van der Waals surface area contributed by atoms with E-state index in [-0.39, 0.29) is 30.2 Å². The van der Waals surface area contributed by atoms with E-state index in [0.29, 0.717) is 12.8 Å². The van der Waals surface area contributed by atoms with E-state index in [4.69, 9.17) is 4.74 Å². The van der Waals surface area contributed by atoms with Gasteiger partial charge in [0.05, 0.1) is 6.04 Å². The van der Waals surface area contributed by atoms with Gasteiger partial charge in [-0.25, -0.2) is 9.69 Å². The second-order valence-corrected chi connectivity index (χ2v) is 5.23. The van der Waals surface area contributed by atoms with Crippen LogP contribution in [0.15, 0.2) is 36.9 Å². The third-order valence-corrected chi connectivity index (χ3v) is 3.55. The summed E-state index contributed by atoms with van der Waals surface area (Å²) in [7, 11) is 0. The fraction of sp³-hybridized carbons (Fsp3) is 0.375. The number of ether oxygens (including phenoxy) is 1. The van der Waals surface area contributed by atoms with Crippen LogP contribution in [0, 0.1) is 5.92 Å². The molecule has 2 amide bonds. The molecule has 2 rings (SSSR count). The molecule has 0 aromatic heterocycles. The van der Waals surface area contributed by atoms with Gasteiger partial charge in [-0.1, -0.05) is 25.1 Å². The molecule has 1 aromatic rings. The fourth-order valence-electron chi connectivity index (χ4n) is 2.37. The summed E-state index contributed by atoms with van der Waals surface area (Å²) < 4.78 is 5.01. The molecule has 0 saturated carbocycles. The molecule has 2 atom stereocenters. The summed E-state index contributed by atoms with van der Waals surface area (Å²) in [6, 6.07) is 6.41. The van der Waals surface area contributed by atoms with Crippen LogP contribution in [-0.4, -0.2) is 34.7 Å². The van der Waals surface area contributed by atoms with E-state index in [2.05, 4.69) is 6.58 Å². The molecular weight excluding hydrogens is 270 g/mol. The van der Waals surface area contributed by atoms with Gasteiger partial charge in [0, 0.05) is 5.92 Å². The van der Waals surface area contributed by atoms with Crippen molar-refractivity contribution >= 4 is 12.0 Å². The van der Waals surface area contributed by atoms with Crippen molar-refractivity contribution in [3.63, 3.8) is 0 Å². The summed E-state index contributed by atoms with van der Waals surface area (Å²) in [6.45, 7) is 5.58. The van der Waals surface area contributed by atoms with Crippen LogP contribution in [0.2, 0.25) is 0 Å². The zero-order valence-corrected chi connectivity index (χ0v) is 12.0. The summed E-state index contributed by atoms with van der Waals surface area (Å²) >= 11 is 0. The average Bonchev–Trinajstić information content (AvgIpc) is 2.82. The maximum absolute atomic E-state index is 12.3. The van der Waals surface area contributed by atoms with Crippen molar-refractivity contribution in [2.75, 3.05) is 6.61 Å². The van der Waals surface area contributed by atoms with Crippen molar-refractivity contribution in [1.29, 1.82) is 0 Å². The summed E-state index contributed by atoms with van der Waals surface area (Å²) in [5.41, 5.74) is 0.935. The van der Waals surface area contributed by atoms with Crippen LogP contribution >= 0.6 is 0 Å². The number of imide groups is 1. The van der Waals surface area contributed by atoms with Crippen molar-refractivity contribution in [2.45, 2.75) is 25.8 Å². The summed E-state index contributed by atoms with van der Waals surface area (Å²) in [6.07, 6.45) is 2.12. The number of aromatic hydroxyl groups is 1. The Morgan fingerprint density at radius 3 is 2.81 bits per heavy atom. The van der Waals surface area contributed by atoms with Crippen LogP contribution in [0.25, 0.3) is 0 Å². The fourth-order valence-corrected chi connectivity index (χ4v) is 2.37. The zero-order chi connectivity index (χ0) is 15.4. The summed E-state index contributed by atoms with van der Waals surface area (Å²) in [4.78, 5) is 25.3. The summed E-state index contributed by atoms with van der Waals surface area (Å²) in [5, 5.41) is 9.28. The predicted octanol–water partition coefficient (Wildman–Crippen LogP) is 2.49. The van der Waals surface area contributed by atoms with Crippen molar-refractivity contribution in [2.24, 2.45) is 5.92 Å². The number of rotatable bonds is 5. The highest BCUT2D eigenvalue weighted by atomic mass is 16.6. The number of phenols is 1. The Kier molecular flexibility index (Phi) is 4.62. The Morgan fingerprint density at radius 1 is 1.52 bits per heavy atom. The number of benzene rings is 1. The number of carbonyl (C=O) groups is 2. The third kappa shape index (κ3) is 3.42. The number of hydrogen-bond acceptors (Lipinski definition) is 4. The van der Waals surface area contributed by atoms with E-state index in [9.17, 15) is 14.7 Å². The number of carbonyl (C=O) groups excluding carboxylic acids is 2. The largest absolute Gasteiger partial charge is 0.508 e. The van der Waals surface area contributed by atoms with Gasteiger partial charge >= 0.3 is 6.09 Å². The maximum atomic E-state index is 12.3. The lowest BCUT2D eigenvalue weighted by Crippen LogP contribution is -2.42. The maximum Gasteiger partial charge on any atom is 0.416 e. The Balaban J connectivity index is 2.11. The molecule has 112 valence electrons. The molecular formula is C16H19NO4. The van der Waals surface area contributed by atoms with E-state index in [1.165, 1.54) is 4.90 Å². The highest BCUT2D eigenvalue weighted by Crippen LogP contribution is 2.22. The molecule has 1 heterocycles. The van der Waals surface area contributed by atoms with E-state index in [0.717, 1.165) is 5.56 Å². The molecule has 5 nitrogen and oxygen atoms in total. The second kappa shape index (κ2) is 6.43. The smallest absolute Gasteiger partial charge is 0.416 e. The van der Waals surface area contributed by atoms with Crippen LogP contribution in [0.5, 0.6) is 5.75 Å². The minimum absolute atomic E-state index is 0.185. The predicted molar refractivity (Wildman–Crippen MR) is 77.8 cm³/mol. The lowest BCUT2D eigenvalue weighted by atomic mass is 10.0. The molecule has 1 N–H and O–H groups in total. The quantitative estimate of drug-likeness (QED) is 0.846. The lowest BCUT2D eigenvalue weighted by molar-refractivity contribution is -0.132. The standard InChI is InChI=1S/C16H19NO4/c1-3-4-11(2)15(19)17-13(10-21-16(17)20)9-12-5-7-14(18)8-6-12/h3,5-8,11,13,18H,1,4,9-10H2,2H3/t11-,13+/m1/s1. The Bertz CT molecular complexity index is 538. The first-order valence-corrected chi connectivity index (χ1v) is 6.91. The van der Waals surface area contributed by atoms with Crippen molar-refractivity contribution < 1.29 is 19.4 Å². The number of amides is 2. The van der Waals surface area contributed by atoms with Gasteiger partial charge in [0.25, 0.3) is 0 Å². The molecule has 1 aliphatic heterocycles. The molecule has 0 spiro atoms. The third-order valence-electron chi connectivity index (χ3n) is 3.55. The van der Waals surface area contributed by atoms with Crippen LogP contribution in [-0.2, 0) is 16.0 Å². The van der Waals surface area contributed by atoms with Crippen LogP contribution < -0.4 is 0 Å². The molecule has 1 saturated heterocycles. The number of phenolic OH excluding ortho intramolecular Hbond substituents is 1. The van der Waals surface area contributed by atoms with Gasteiger partial charge in [0.2, 0.25) is 5.91 Å². The Hall–Kier alpha value is -2.30. The number of allylic oxidation sites excluding steroid dienone is 1. The van der Waals surface area contributed by atoms with Crippen LogP contribution in [0.1, 0.15) is 18.9 Å². The topological polar surface area (TPSA) is 66.8 Å². The molecule has 0 unspecified atom stereocenters. The SMILES string of the molecule is C=CC[C@@H](C)C(=O)N1C(=O)OC[C@@H]1Cc1ccc(O)cc1. The van der Waals surface area contributed by atoms with E-state index in [1.54, 1.807) is 37.3 Å². The van der Waals surface area contributed by atoms with Crippen molar-refractivity contribution in [3.05, 3.63) is 42.5 Å². The van der Waals surface area contributed by atoms with Gasteiger partial charge < -0.3 is 9.84 Å². The molecule has 1 aliphatic rings. The Labute approximate surface area is 123 Å². The monoisotopic (exact) mass is 289 g/mol. The highest BCUT2D eigenvalue weighted by Gasteiger charge is 2.39. The minimum atomic E-state index is -0.584.